The minimum absolute atomic E-state index is 0.0927. The van der Waals surface area contributed by atoms with E-state index in [0.29, 0.717) is 17.2 Å². The molecule has 27 heavy (non-hydrogen) atoms. The first kappa shape index (κ1) is 18.9. The summed E-state index contributed by atoms with van der Waals surface area (Å²) in [5.74, 6) is 1.10. The van der Waals surface area contributed by atoms with Crippen LogP contribution in [0.4, 0.5) is 0 Å². The molecule has 1 heterocycles. The second-order valence-corrected chi connectivity index (χ2v) is 7.02. The summed E-state index contributed by atoms with van der Waals surface area (Å²) in [5.41, 5.74) is 3.53. The third-order valence-corrected chi connectivity index (χ3v) is 5.26. The molecule has 1 N–H and O–H groups in total. The van der Waals surface area contributed by atoms with E-state index >= 15 is 0 Å². The highest BCUT2D eigenvalue weighted by molar-refractivity contribution is 7.13. The highest BCUT2D eigenvalue weighted by atomic mass is 32.1. The molecule has 1 amide bonds. The van der Waals surface area contributed by atoms with E-state index in [1.54, 1.807) is 19.6 Å². The zero-order valence-electron chi connectivity index (χ0n) is 15.8. The number of amides is 1. The van der Waals surface area contributed by atoms with Gasteiger partial charge in [0, 0.05) is 10.9 Å². The van der Waals surface area contributed by atoms with Crippen molar-refractivity contribution < 1.29 is 14.3 Å². The average Bonchev–Trinajstić information content (AvgIpc) is 3.18. The number of aryl methyl sites for hydroxylation is 1. The van der Waals surface area contributed by atoms with Crippen LogP contribution < -0.4 is 14.8 Å². The first-order chi connectivity index (χ1) is 13.0. The Kier molecular flexibility index (Phi) is 5.76. The lowest BCUT2D eigenvalue weighted by atomic mass is 10.0. The fraction of sp³-hybridized carbons (Fsp3) is 0.238. The molecule has 5 nitrogen and oxygen atoms in total. The Balaban J connectivity index is 1.77. The van der Waals surface area contributed by atoms with Gasteiger partial charge in [-0.3, -0.25) is 4.79 Å². The SMILES string of the molecule is COc1ccc(-c2nc(C(=O)N[C@@H](C)c3ccccc3C)cs2)cc1OC. The third kappa shape index (κ3) is 4.11. The van der Waals surface area contributed by atoms with Crippen molar-refractivity contribution in [3.8, 4) is 22.1 Å². The van der Waals surface area contributed by atoms with E-state index in [-0.39, 0.29) is 11.9 Å². The number of nitrogens with zero attached hydrogens (tertiary/aromatic N) is 1. The number of thiazole rings is 1. The predicted molar refractivity (Wildman–Crippen MR) is 108 cm³/mol. The molecule has 3 rings (SSSR count). The van der Waals surface area contributed by atoms with Crippen LogP contribution in [0.15, 0.2) is 47.8 Å². The van der Waals surface area contributed by atoms with Gasteiger partial charge in [0.2, 0.25) is 0 Å². The third-order valence-electron chi connectivity index (χ3n) is 4.37. The van der Waals surface area contributed by atoms with Gasteiger partial charge in [0.25, 0.3) is 5.91 Å². The molecule has 2 aromatic carbocycles. The second-order valence-electron chi connectivity index (χ2n) is 6.16. The smallest absolute Gasteiger partial charge is 0.271 e. The normalized spacial score (nSPS) is 11.7. The molecule has 1 atom stereocenters. The van der Waals surface area contributed by atoms with Crippen LogP contribution in [-0.2, 0) is 0 Å². The van der Waals surface area contributed by atoms with Crippen LogP contribution in [-0.4, -0.2) is 25.1 Å². The molecule has 3 aromatic rings. The van der Waals surface area contributed by atoms with Crippen LogP contribution in [0.3, 0.4) is 0 Å². The predicted octanol–water partition coefficient (Wildman–Crippen LogP) is 4.63. The van der Waals surface area contributed by atoms with E-state index in [1.807, 2.05) is 56.3 Å². The van der Waals surface area contributed by atoms with E-state index in [0.717, 1.165) is 21.7 Å². The van der Waals surface area contributed by atoms with Crippen LogP contribution in [0.5, 0.6) is 11.5 Å². The maximum Gasteiger partial charge on any atom is 0.271 e. The summed E-state index contributed by atoms with van der Waals surface area (Å²) in [6.07, 6.45) is 0. The van der Waals surface area contributed by atoms with Gasteiger partial charge in [0.1, 0.15) is 10.7 Å². The van der Waals surface area contributed by atoms with Crippen molar-refractivity contribution >= 4 is 17.2 Å². The van der Waals surface area contributed by atoms with Crippen molar-refractivity contribution in [1.82, 2.24) is 10.3 Å². The van der Waals surface area contributed by atoms with Gasteiger partial charge >= 0.3 is 0 Å². The van der Waals surface area contributed by atoms with Gasteiger partial charge in [-0.05, 0) is 43.2 Å². The van der Waals surface area contributed by atoms with Crippen molar-refractivity contribution in [2.24, 2.45) is 0 Å². The number of ether oxygens (including phenoxy) is 2. The van der Waals surface area contributed by atoms with Crippen molar-refractivity contribution in [3.05, 3.63) is 64.7 Å². The van der Waals surface area contributed by atoms with Crippen molar-refractivity contribution in [2.75, 3.05) is 14.2 Å². The fourth-order valence-electron chi connectivity index (χ4n) is 2.90. The molecular weight excluding hydrogens is 360 g/mol. The van der Waals surface area contributed by atoms with Crippen molar-refractivity contribution in [2.45, 2.75) is 19.9 Å². The molecule has 0 aliphatic rings. The number of aromatic nitrogens is 1. The summed E-state index contributed by atoms with van der Waals surface area (Å²) < 4.78 is 10.6. The zero-order chi connectivity index (χ0) is 19.4. The van der Waals surface area contributed by atoms with Gasteiger partial charge in [-0.25, -0.2) is 4.98 Å². The molecule has 0 unspecified atom stereocenters. The lowest BCUT2D eigenvalue weighted by Gasteiger charge is -2.15. The molecule has 0 spiro atoms. The van der Waals surface area contributed by atoms with E-state index in [1.165, 1.54) is 11.3 Å². The molecule has 0 radical (unpaired) electrons. The van der Waals surface area contributed by atoms with E-state index < -0.39 is 0 Å². The molecule has 1 aromatic heterocycles. The maximum absolute atomic E-state index is 12.6. The zero-order valence-corrected chi connectivity index (χ0v) is 16.6. The maximum atomic E-state index is 12.6. The number of hydrogen-bond donors (Lipinski definition) is 1. The quantitative estimate of drug-likeness (QED) is 0.675. The molecular formula is C21H22N2O3S. The van der Waals surface area contributed by atoms with Gasteiger partial charge in [-0.1, -0.05) is 24.3 Å². The molecule has 6 heteroatoms. The Morgan fingerprint density at radius 3 is 2.56 bits per heavy atom. The van der Waals surface area contributed by atoms with Gasteiger partial charge < -0.3 is 14.8 Å². The molecule has 0 saturated heterocycles. The topological polar surface area (TPSA) is 60.5 Å². The van der Waals surface area contributed by atoms with Crippen LogP contribution in [0.2, 0.25) is 0 Å². The Hall–Kier alpha value is -2.86. The minimum atomic E-state index is -0.186. The van der Waals surface area contributed by atoms with Crippen LogP contribution in [0.1, 0.15) is 34.6 Å². The highest BCUT2D eigenvalue weighted by Gasteiger charge is 2.17. The first-order valence-corrected chi connectivity index (χ1v) is 9.45. The largest absolute Gasteiger partial charge is 0.493 e. The molecule has 0 aliphatic carbocycles. The fourth-order valence-corrected chi connectivity index (χ4v) is 3.70. The second kappa shape index (κ2) is 8.22. The van der Waals surface area contributed by atoms with Gasteiger partial charge in [-0.2, -0.15) is 0 Å². The van der Waals surface area contributed by atoms with Crippen LogP contribution in [0, 0.1) is 6.92 Å². The lowest BCUT2D eigenvalue weighted by molar-refractivity contribution is 0.0935. The van der Waals surface area contributed by atoms with Gasteiger partial charge in [0.05, 0.1) is 20.3 Å². The highest BCUT2D eigenvalue weighted by Crippen LogP contribution is 2.33. The Morgan fingerprint density at radius 1 is 1.11 bits per heavy atom. The summed E-state index contributed by atoms with van der Waals surface area (Å²) in [6.45, 7) is 4.01. The Labute approximate surface area is 163 Å². The molecule has 140 valence electrons. The summed E-state index contributed by atoms with van der Waals surface area (Å²) in [6, 6.07) is 13.5. The Morgan fingerprint density at radius 2 is 1.85 bits per heavy atom. The minimum Gasteiger partial charge on any atom is -0.493 e. The van der Waals surface area contributed by atoms with Crippen LogP contribution >= 0.6 is 11.3 Å². The number of carbonyl (C=O) groups excluding carboxylic acids is 1. The van der Waals surface area contributed by atoms with Crippen molar-refractivity contribution in [1.29, 1.82) is 0 Å². The number of nitrogens with one attached hydrogen (secondary N) is 1. The number of hydrogen-bond acceptors (Lipinski definition) is 5. The van der Waals surface area contributed by atoms with E-state index in [2.05, 4.69) is 10.3 Å². The summed E-state index contributed by atoms with van der Waals surface area (Å²) >= 11 is 1.42. The molecule has 0 aliphatic heterocycles. The van der Waals surface area contributed by atoms with Crippen LogP contribution in [0.25, 0.3) is 10.6 Å². The summed E-state index contributed by atoms with van der Waals surface area (Å²) in [7, 11) is 3.19. The molecule has 0 fully saturated rings. The molecule has 0 bridgehead atoms. The first-order valence-electron chi connectivity index (χ1n) is 8.57. The van der Waals surface area contributed by atoms with Crippen molar-refractivity contribution in [3.63, 3.8) is 0 Å². The number of rotatable bonds is 6. The number of methoxy groups -OCH3 is 2. The summed E-state index contributed by atoms with van der Waals surface area (Å²) in [4.78, 5) is 17.1. The van der Waals surface area contributed by atoms with E-state index in [9.17, 15) is 4.79 Å². The number of benzene rings is 2. The monoisotopic (exact) mass is 382 g/mol. The molecule has 0 saturated carbocycles. The summed E-state index contributed by atoms with van der Waals surface area (Å²) in [5, 5.41) is 5.54. The Bertz CT molecular complexity index is 952. The standard InChI is InChI=1S/C21H22N2O3S/c1-13-7-5-6-8-16(13)14(2)22-20(24)17-12-27-21(23-17)15-9-10-18(25-3)19(11-15)26-4/h5-12,14H,1-4H3,(H,22,24)/t14-/m0/s1. The lowest BCUT2D eigenvalue weighted by Crippen LogP contribution is -2.27. The van der Waals surface area contributed by atoms with Gasteiger partial charge in [-0.15, -0.1) is 11.3 Å². The van der Waals surface area contributed by atoms with E-state index in [4.69, 9.17) is 9.47 Å². The van der Waals surface area contributed by atoms with Gasteiger partial charge in [0.15, 0.2) is 11.5 Å². The number of carbonyl (C=O) groups is 1. The average molecular weight is 382 g/mol.